The molecule has 2 rings (SSSR count). The molecule has 2 aliphatic heterocycles. The van der Waals surface area contributed by atoms with Crippen molar-refractivity contribution >= 4 is 11.9 Å². The SMILES string of the molecule is NC1(C(=O)N2CCC(C(=O)O)CC2)CCOC1. The molecule has 0 saturated carbocycles. The minimum atomic E-state index is -0.893. The number of ether oxygens (including phenoxy) is 1. The molecular formula is C11H18N2O4. The summed E-state index contributed by atoms with van der Waals surface area (Å²) in [7, 11) is 0. The summed E-state index contributed by atoms with van der Waals surface area (Å²) in [6.07, 6.45) is 1.57. The van der Waals surface area contributed by atoms with Crippen LogP contribution in [0.5, 0.6) is 0 Å². The van der Waals surface area contributed by atoms with Crippen molar-refractivity contribution in [3.8, 4) is 0 Å². The molecule has 3 N–H and O–H groups in total. The second-order valence-electron chi connectivity index (χ2n) is 4.86. The standard InChI is InChI=1S/C11H18N2O4/c12-11(3-6-17-7-11)10(16)13-4-1-8(2-5-13)9(14)15/h8H,1-7,12H2,(H,14,15). The lowest BCUT2D eigenvalue weighted by Crippen LogP contribution is -2.57. The number of nitrogens with two attached hydrogens (primary N) is 1. The summed E-state index contributed by atoms with van der Waals surface area (Å²) in [5, 5.41) is 8.88. The van der Waals surface area contributed by atoms with Crippen LogP contribution in [0.4, 0.5) is 0 Å². The van der Waals surface area contributed by atoms with Gasteiger partial charge in [-0.3, -0.25) is 9.59 Å². The molecule has 1 atom stereocenters. The van der Waals surface area contributed by atoms with Gasteiger partial charge in [-0.15, -0.1) is 0 Å². The smallest absolute Gasteiger partial charge is 0.306 e. The first-order chi connectivity index (χ1) is 8.03. The summed E-state index contributed by atoms with van der Waals surface area (Å²) in [5.41, 5.74) is 5.10. The molecule has 0 spiro atoms. The van der Waals surface area contributed by atoms with Gasteiger partial charge in [0.1, 0.15) is 5.54 Å². The van der Waals surface area contributed by atoms with Gasteiger partial charge >= 0.3 is 5.97 Å². The first kappa shape index (κ1) is 12.3. The maximum Gasteiger partial charge on any atom is 0.306 e. The minimum absolute atomic E-state index is 0.0983. The van der Waals surface area contributed by atoms with Crippen LogP contribution in [0.15, 0.2) is 0 Å². The van der Waals surface area contributed by atoms with Crippen molar-refractivity contribution in [1.82, 2.24) is 4.90 Å². The number of carboxylic acid groups (broad SMARTS) is 1. The van der Waals surface area contributed by atoms with Crippen molar-refractivity contribution in [3.63, 3.8) is 0 Å². The number of carboxylic acids is 1. The van der Waals surface area contributed by atoms with E-state index in [1.54, 1.807) is 4.90 Å². The predicted octanol–water partition coefficient (Wildman–Crippen LogP) is -0.573. The summed E-state index contributed by atoms with van der Waals surface area (Å²) in [6.45, 7) is 1.75. The number of nitrogens with zero attached hydrogens (tertiary/aromatic N) is 1. The number of carbonyl (C=O) groups is 2. The lowest BCUT2D eigenvalue weighted by Gasteiger charge is -2.35. The number of hydrogen-bond acceptors (Lipinski definition) is 4. The number of carbonyl (C=O) groups excluding carboxylic acids is 1. The Hall–Kier alpha value is -1.14. The van der Waals surface area contributed by atoms with E-state index in [9.17, 15) is 9.59 Å². The molecule has 0 aromatic heterocycles. The zero-order valence-corrected chi connectivity index (χ0v) is 9.72. The van der Waals surface area contributed by atoms with Gasteiger partial charge in [0, 0.05) is 19.7 Å². The Morgan fingerprint density at radius 1 is 1.35 bits per heavy atom. The highest BCUT2D eigenvalue weighted by Crippen LogP contribution is 2.23. The molecule has 96 valence electrons. The highest BCUT2D eigenvalue weighted by Gasteiger charge is 2.42. The number of likely N-dealkylation sites (tertiary alicyclic amines) is 1. The minimum Gasteiger partial charge on any atom is -0.481 e. The Morgan fingerprint density at radius 3 is 2.47 bits per heavy atom. The molecule has 0 aromatic carbocycles. The first-order valence-electron chi connectivity index (χ1n) is 5.92. The van der Waals surface area contributed by atoms with Crippen molar-refractivity contribution in [1.29, 1.82) is 0 Å². The normalized spacial score (nSPS) is 30.5. The van der Waals surface area contributed by atoms with Crippen LogP contribution in [0, 0.1) is 5.92 Å². The highest BCUT2D eigenvalue weighted by molar-refractivity contribution is 5.87. The summed E-state index contributed by atoms with van der Waals surface area (Å²) in [5.74, 6) is -1.20. The molecule has 0 bridgehead atoms. The number of piperidine rings is 1. The predicted molar refractivity (Wildman–Crippen MR) is 59.3 cm³/mol. The first-order valence-corrected chi connectivity index (χ1v) is 5.92. The maximum absolute atomic E-state index is 12.2. The Labute approximate surface area is 99.7 Å². The molecule has 2 saturated heterocycles. The van der Waals surface area contributed by atoms with Crippen molar-refractivity contribution in [2.75, 3.05) is 26.3 Å². The molecule has 1 unspecified atom stereocenters. The van der Waals surface area contributed by atoms with Gasteiger partial charge in [0.05, 0.1) is 12.5 Å². The van der Waals surface area contributed by atoms with Crippen LogP contribution < -0.4 is 5.73 Å². The third-order valence-electron chi connectivity index (χ3n) is 3.61. The average molecular weight is 242 g/mol. The molecule has 17 heavy (non-hydrogen) atoms. The Bertz CT molecular complexity index is 317. The zero-order chi connectivity index (χ0) is 12.5. The number of rotatable bonds is 2. The van der Waals surface area contributed by atoms with Gasteiger partial charge in [-0.05, 0) is 19.3 Å². The van der Waals surface area contributed by atoms with Crippen LogP contribution in [0.25, 0.3) is 0 Å². The molecule has 0 aromatic rings. The molecule has 2 fully saturated rings. The zero-order valence-electron chi connectivity index (χ0n) is 9.72. The fourth-order valence-corrected chi connectivity index (χ4v) is 2.39. The van der Waals surface area contributed by atoms with Crippen LogP contribution in [-0.4, -0.2) is 53.7 Å². The van der Waals surface area contributed by atoms with E-state index in [-0.39, 0.29) is 18.4 Å². The van der Waals surface area contributed by atoms with E-state index >= 15 is 0 Å². The van der Waals surface area contributed by atoms with E-state index in [2.05, 4.69) is 0 Å². The molecule has 0 aliphatic carbocycles. The van der Waals surface area contributed by atoms with Crippen molar-refractivity contribution in [2.45, 2.75) is 24.8 Å². The van der Waals surface area contributed by atoms with E-state index in [1.165, 1.54) is 0 Å². The van der Waals surface area contributed by atoms with Gasteiger partial charge < -0.3 is 20.5 Å². The molecule has 0 radical (unpaired) electrons. The van der Waals surface area contributed by atoms with E-state index in [0.29, 0.717) is 39.0 Å². The van der Waals surface area contributed by atoms with Crippen molar-refractivity contribution < 1.29 is 19.4 Å². The fourth-order valence-electron chi connectivity index (χ4n) is 2.39. The third-order valence-corrected chi connectivity index (χ3v) is 3.61. The van der Waals surface area contributed by atoms with Crippen LogP contribution in [0.2, 0.25) is 0 Å². The van der Waals surface area contributed by atoms with Gasteiger partial charge in [-0.25, -0.2) is 0 Å². The quantitative estimate of drug-likeness (QED) is 0.676. The molecule has 6 nitrogen and oxygen atoms in total. The summed E-state index contributed by atoms with van der Waals surface area (Å²) >= 11 is 0. The monoisotopic (exact) mass is 242 g/mol. The second-order valence-corrected chi connectivity index (χ2v) is 4.86. The van der Waals surface area contributed by atoms with Crippen molar-refractivity contribution in [3.05, 3.63) is 0 Å². The lowest BCUT2D eigenvalue weighted by molar-refractivity contribution is -0.147. The second kappa shape index (κ2) is 4.62. The third kappa shape index (κ3) is 2.42. The van der Waals surface area contributed by atoms with Crippen LogP contribution in [-0.2, 0) is 14.3 Å². The molecule has 2 heterocycles. The summed E-state index contributed by atoms with van der Waals surface area (Å²) < 4.78 is 5.16. The average Bonchev–Trinajstić information content (AvgIpc) is 2.76. The van der Waals surface area contributed by atoms with E-state index < -0.39 is 11.5 Å². The number of hydrogen-bond donors (Lipinski definition) is 2. The number of aliphatic carboxylic acids is 1. The van der Waals surface area contributed by atoms with E-state index in [0.717, 1.165) is 0 Å². The highest BCUT2D eigenvalue weighted by atomic mass is 16.5. The van der Waals surface area contributed by atoms with Crippen LogP contribution in [0.3, 0.4) is 0 Å². The molecule has 1 amide bonds. The Kier molecular flexibility index (Phi) is 3.35. The van der Waals surface area contributed by atoms with E-state index in [1.807, 2.05) is 0 Å². The van der Waals surface area contributed by atoms with Gasteiger partial charge in [-0.1, -0.05) is 0 Å². The summed E-state index contributed by atoms with van der Waals surface area (Å²) in [6, 6.07) is 0. The fraction of sp³-hybridized carbons (Fsp3) is 0.818. The van der Waals surface area contributed by atoms with Crippen LogP contribution >= 0.6 is 0 Å². The summed E-state index contributed by atoms with van der Waals surface area (Å²) in [4.78, 5) is 24.6. The Balaban J connectivity index is 1.92. The lowest BCUT2D eigenvalue weighted by atomic mass is 9.93. The molecule has 2 aliphatic rings. The van der Waals surface area contributed by atoms with Crippen molar-refractivity contribution in [2.24, 2.45) is 11.7 Å². The molecular weight excluding hydrogens is 224 g/mol. The van der Waals surface area contributed by atoms with Crippen LogP contribution in [0.1, 0.15) is 19.3 Å². The number of amides is 1. The maximum atomic E-state index is 12.2. The molecule has 6 heteroatoms. The van der Waals surface area contributed by atoms with Gasteiger partial charge in [0.25, 0.3) is 0 Å². The Morgan fingerprint density at radius 2 is 2.00 bits per heavy atom. The van der Waals surface area contributed by atoms with E-state index in [4.69, 9.17) is 15.6 Å². The topological polar surface area (TPSA) is 92.9 Å². The van der Waals surface area contributed by atoms with Gasteiger partial charge in [0.2, 0.25) is 5.91 Å². The van der Waals surface area contributed by atoms with Gasteiger partial charge in [0.15, 0.2) is 0 Å². The van der Waals surface area contributed by atoms with Gasteiger partial charge in [-0.2, -0.15) is 0 Å². The largest absolute Gasteiger partial charge is 0.481 e.